The zero-order valence-electron chi connectivity index (χ0n) is 13.9. The lowest BCUT2D eigenvalue weighted by atomic mass is 10.2. The second-order valence-corrected chi connectivity index (χ2v) is 6.53. The second-order valence-electron chi connectivity index (χ2n) is 5.47. The van der Waals surface area contributed by atoms with E-state index in [1.54, 1.807) is 18.2 Å². The highest BCUT2D eigenvalue weighted by atomic mass is 32.1. The van der Waals surface area contributed by atoms with Crippen molar-refractivity contribution < 1.29 is 9.53 Å². The molecule has 6 heteroatoms. The molecule has 0 bridgehead atoms. The molecule has 1 heterocycles. The number of benzene rings is 2. The molecule has 1 aromatic heterocycles. The zero-order valence-corrected chi connectivity index (χ0v) is 14.8. The molecule has 0 saturated carbocycles. The third-order valence-corrected chi connectivity index (χ3v) is 4.43. The van der Waals surface area contributed by atoms with Gasteiger partial charge in [-0.2, -0.15) is 0 Å². The molecular weight excluding hydrogens is 334 g/mol. The number of para-hydroxylation sites is 2. The molecule has 128 valence electrons. The van der Waals surface area contributed by atoms with E-state index in [0.29, 0.717) is 22.2 Å². The first-order chi connectivity index (χ1) is 12.3. The Morgan fingerprint density at radius 2 is 1.84 bits per heavy atom. The van der Waals surface area contributed by atoms with Gasteiger partial charge in [0.1, 0.15) is 16.5 Å². The van der Waals surface area contributed by atoms with Gasteiger partial charge in [0.25, 0.3) is 5.91 Å². The number of nitrogens with one attached hydrogen (secondary N) is 1. The van der Waals surface area contributed by atoms with Crippen LogP contribution in [0, 0.1) is 0 Å². The molecule has 0 atom stereocenters. The molecule has 0 spiro atoms. The van der Waals surface area contributed by atoms with E-state index in [1.165, 1.54) is 11.3 Å². The average molecular weight is 353 g/mol. The van der Waals surface area contributed by atoms with Gasteiger partial charge in [0, 0.05) is 6.42 Å². The number of aromatic nitrogens is 2. The summed E-state index contributed by atoms with van der Waals surface area (Å²) in [7, 11) is 0. The van der Waals surface area contributed by atoms with Gasteiger partial charge in [-0.15, -0.1) is 10.2 Å². The van der Waals surface area contributed by atoms with Crippen molar-refractivity contribution in [2.45, 2.75) is 26.2 Å². The fourth-order valence-electron chi connectivity index (χ4n) is 2.26. The summed E-state index contributed by atoms with van der Waals surface area (Å²) in [5, 5.41) is 12.4. The minimum absolute atomic E-state index is 0.260. The minimum Gasteiger partial charge on any atom is -0.457 e. The van der Waals surface area contributed by atoms with Crippen molar-refractivity contribution in [2.24, 2.45) is 0 Å². The number of nitrogens with zero attached hydrogens (tertiary/aromatic N) is 2. The predicted octanol–water partition coefficient (Wildman–Crippen LogP) is 4.93. The van der Waals surface area contributed by atoms with E-state index in [9.17, 15) is 4.79 Å². The molecule has 1 N–H and O–H groups in total. The third kappa shape index (κ3) is 4.64. The van der Waals surface area contributed by atoms with Crippen LogP contribution in [0.25, 0.3) is 0 Å². The largest absolute Gasteiger partial charge is 0.457 e. The summed E-state index contributed by atoms with van der Waals surface area (Å²) in [5.41, 5.74) is 0.455. The van der Waals surface area contributed by atoms with Gasteiger partial charge in [0.15, 0.2) is 0 Å². The molecule has 2 aromatic carbocycles. The van der Waals surface area contributed by atoms with E-state index >= 15 is 0 Å². The maximum absolute atomic E-state index is 12.6. The van der Waals surface area contributed by atoms with Gasteiger partial charge in [0.2, 0.25) is 5.13 Å². The summed E-state index contributed by atoms with van der Waals surface area (Å²) < 4.78 is 5.83. The fraction of sp³-hybridized carbons (Fsp3) is 0.211. The molecule has 0 fully saturated rings. The lowest BCUT2D eigenvalue weighted by Gasteiger charge is -2.10. The summed E-state index contributed by atoms with van der Waals surface area (Å²) in [6.45, 7) is 2.13. The average Bonchev–Trinajstić information content (AvgIpc) is 3.08. The van der Waals surface area contributed by atoms with Crippen LogP contribution in [0.1, 0.15) is 35.1 Å². The Hall–Kier alpha value is -2.73. The van der Waals surface area contributed by atoms with Crippen LogP contribution >= 0.6 is 11.3 Å². The Balaban J connectivity index is 1.73. The molecule has 0 aliphatic carbocycles. The Bertz CT molecular complexity index is 833. The van der Waals surface area contributed by atoms with Gasteiger partial charge in [-0.05, 0) is 30.7 Å². The van der Waals surface area contributed by atoms with E-state index in [1.807, 2.05) is 36.4 Å². The first kappa shape index (κ1) is 17.1. The van der Waals surface area contributed by atoms with Crippen LogP contribution in [0.3, 0.4) is 0 Å². The molecule has 0 aliphatic rings. The van der Waals surface area contributed by atoms with Gasteiger partial charge >= 0.3 is 0 Å². The van der Waals surface area contributed by atoms with E-state index in [-0.39, 0.29) is 5.91 Å². The summed E-state index contributed by atoms with van der Waals surface area (Å²) in [6.07, 6.45) is 3.06. The van der Waals surface area contributed by atoms with Crippen molar-refractivity contribution in [3.8, 4) is 11.5 Å². The molecule has 3 aromatic rings. The van der Waals surface area contributed by atoms with E-state index < -0.39 is 0 Å². The summed E-state index contributed by atoms with van der Waals surface area (Å²) in [6, 6.07) is 16.5. The van der Waals surface area contributed by atoms with Crippen LogP contribution in [0.2, 0.25) is 0 Å². The smallest absolute Gasteiger partial charge is 0.261 e. The number of rotatable bonds is 7. The van der Waals surface area contributed by atoms with Crippen molar-refractivity contribution in [3.63, 3.8) is 0 Å². The van der Waals surface area contributed by atoms with Crippen molar-refractivity contribution in [1.29, 1.82) is 0 Å². The van der Waals surface area contributed by atoms with E-state index in [0.717, 1.165) is 24.3 Å². The molecule has 3 rings (SSSR count). The second kappa shape index (κ2) is 8.39. The van der Waals surface area contributed by atoms with Gasteiger partial charge in [-0.3, -0.25) is 10.1 Å². The van der Waals surface area contributed by atoms with Crippen LogP contribution in [0.15, 0.2) is 54.6 Å². The summed E-state index contributed by atoms with van der Waals surface area (Å²) in [4.78, 5) is 12.6. The monoisotopic (exact) mass is 353 g/mol. The third-order valence-electron chi connectivity index (χ3n) is 3.53. The lowest BCUT2D eigenvalue weighted by Crippen LogP contribution is -2.12. The van der Waals surface area contributed by atoms with Crippen molar-refractivity contribution in [2.75, 3.05) is 5.32 Å². The number of amides is 1. The molecule has 25 heavy (non-hydrogen) atoms. The molecule has 0 radical (unpaired) electrons. The topological polar surface area (TPSA) is 64.1 Å². The van der Waals surface area contributed by atoms with Crippen LogP contribution < -0.4 is 10.1 Å². The van der Waals surface area contributed by atoms with Crippen molar-refractivity contribution >= 4 is 22.4 Å². The molecule has 5 nitrogen and oxygen atoms in total. The van der Waals surface area contributed by atoms with Crippen molar-refractivity contribution in [3.05, 3.63) is 65.2 Å². The molecule has 1 amide bonds. The quantitative estimate of drug-likeness (QED) is 0.654. The Kier molecular flexibility index (Phi) is 5.74. The SMILES string of the molecule is CCCCc1nnc(NC(=O)c2ccccc2Oc2ccccc2)s1. The normalized spacial score (nSPS) is 10.4. The van der Waals surface area contributed by atoms with Crippen LogP contribution in [-0.4, -0.2) is 16.1 Å². The number of carbonyl (C=O) groups excluding carboxylic acids is 1. The van der Waals surface area contributed by atoms with Gasteiger partial charge in [-0.1, -0.05) is 55.0 Å². The number of hydrogen-bond donors (Lipinski definition) is 1. The number of anilines is 1. The Labute approximate surface area is 150 Å². The maximum atomic E-state index is 12.6. The zero-order chi connectivity index (χ0) is 17.5. The first-order valence-corrected chi connectivity index (χ1v) is 9.03. The van der Waals surface area contributed by atoms with Crippen LogP contribution in [0.4, 0.5) is 5.13 Å². The maximum Gasteiger partial charge on any atom is 0.261 e. The number of aryl methyl sites for hydroxylation is 1. The number of hydrogen-bond acceptors (Lipinski definition) is 5. The highest BCUT2D eigenvalue weighted by Crippen LogP contribution is 2.26. The number of carbonyl (C=O) groups is 1. The summed E-state index contributed by atoms with van der Waals surface area (Å²) in [5.74, 6) is 0.923. The van der Waals surface area contributed by atoms with Crippen molar-refractivity contribution in [1.82, 2.24) is 10.2 Å². The number of ether oxygens (including phenoxy) is 1. The highest BCUT2D eigenvalue weighted by molar-refractivity contribution is 7.15. The molecular formula is C19H19N3O2S. The molecule has 0 saturated heterocycles. The van der Waals surface area contributed by atoms with E-state index in [2.05, 4.69) is 22.4 Å². The van der Waals surface area contributed by atoms with Gasteiger partial charge in [-0.25, -0.2) is 0 Å². The highest BCUT2D eigenvalue weighted by Gasteiger charge is 2.15. The fourth-order valence-corrected chi connectivity index (χ4v) is 3.03. The summed E-state index contributed by atoms with van der Waals surface area (Å²) >= 11 is 1.41. The first-order valence-electron chi connectivity index (χ1n) is 8.22. The van der Waals surface area contributed by atoms with Gasteiger partial charge in [0.05, 0.1) is 5.56 Å². The number of unbranched alkanes of at least 4 members (excludes halogenated alkanes) is 1. The van der Waals surface area contributed by atoms with Crippen LogP contribution in [-0.2, 0) is 6.42 Å². The molecule has 0 unspecified atom stereocenters. The standard InChI is InChI=1S/C19H19N3O2S/c1-2-3-13-17-21-22-19(25-17)20-18(23)15-11-7-8-12-16(15)24-14-9-5-4-6-10-14/h4-12H,2-3,13H2,1H3,(H,20,22,23). The predicted molar refractivity (Wildman–Crippen MR) is 99.4 cm³/mol. The lowest BCUT2D eigenvalue weighted by molar-refractivity contribution is 0.102. The minimum atomic E-state index is -0.260. The van der Waals surface area contributed by atoms with Gasteiger partial charge < -0.3 is 4.74 Å². The molecule has 0 aliphatic heterocycles. The van der Waals surface area contributed by atoms with Crippen LogP contribution in [0.5, 0.6) is 11.5 Å². The Morgan fingerprint density at radius 3 is 2.64 bits per heavy atom. The Morgan fingerprint density at radius 1 is 1.08 bits per heavy atom. The van der Waals surface area contributed by atoms with E-state index in [4.69, 9.17) is 4.74 Å².